The van der Waals surface area contributed by atoms with Crippen molar-refractivity contribution in [3.05, 3.63) is 47.5 Å². The predicted molar refractivity (Wildman–Crippen MR) is 79.4 cm³/mol. The molecule has 20 heavy (non-hydrogen) atoms. The van der Waals surface area contributed by atoms with Crippen molar-refractivity contribution < 1.29 is 9.59 Å². The number of hydrogen-bond donors (Lipinski definition) is 0. The van der Waals surface area contributed by atoms with Gasteiger partial charge in [0, 0.05) is 23.1 Å². The van der Waals surface area contributed by atoms with Crippen LogP contribution in [-0.4, -0.2) is 23.3 Å². The average Bonchev–Trinajstić information content (AvgIpc) is 2.61. The largest absolute Gasteiger partial charge is 0.278 e. The molecule has 2 rings (SSSR count). The molecule has 4 heteroatoms. The summed E-state index contributed by atoms with van der Waals surface area (Å²) in [5.41, 5.74) is 0.547. The van der Waals surface area contributed by atoms with Crippen LogP contribution < -0.4 is 0 Å². The van der Waals surface area contributed by atoms with Crippen molar-refractivity contribution in [1.82, 2.24) is 4.90 Å². The summed E-state index contributed by atoms with van der Waals surface area (Å²) in [6.45, 7) is 4.14. The van der Waals surface area contributed by atoms with Gasteiger partial charge in [-0.2, -0.15) is 0 Å². The summed E-state index contributed by atoms with van der Waals surface area (Å²) in [5.74, 6) is -0.573. The molecule has 1 heterocycles. The zero-order valence-electron chi connectivity index (χ0n) is 11.3. The molecule has 106 valence electrons. The molecular weight excluding hydrogens is 274 g/mol. The van der Waals surface area contributed by atoms with Crippen LogP contribution in [0.15, 0.2) is 41.9 Å². The van der Waals surface area contributed by atoms with E-state index in [1.165, 1.54) is 4.90 Å². The fourth-order valence-electron chi connectivity index (χ4n) is 2.51. The number of rotatable bonds is 3. The Morgan fingerprint density at radius 2 is 2.00 bits per heavy atom. The summed E-state index contributed by atoms with van der Waals surface area (Å²) >= 11 is 5.82. The number of nitrogens with zero attached hydrogens (tertiary/aromatic N) is 1. The minimum Gasteiger partial charge on any atom is -0.278 e. The smallest absolute Gasteiger partial charge is 0.260 e. The van der Waals surface area contributed by atoms with E-state index in [4.69, 9.17) is 11.6 Å². The molecule has 1 aliphatic heterocycles. The zero-order valence-corrected chi connectivity index (χ0v) is 12.1. The first kappa shape index (κ1) is 14.8. The average molecular weight is 292 g/mol. The summed E-state index contributed by atoms with van der Waals surface area (Å²) in [4.78, 5) is 26.3. The van der Waals surface area contributed by atoms with E-state index in [0.29, 0.717) is 23.6 Å². The molecule has 0 N–H and O–H groups in total. The summed E-state index contributed by atoms with van der Waals surface area (Å²) in [5, 5.41) is 0.470. The maximum absolute atomic E-state index is 12.5. The molecule has 0 saturated carbocycles. The molecule has 0 unspecified atom stereocenters. The van der Waals surface area contributed by atoms with Crippen LogP contribution in [0, 0.1) is 5.92 Å². The molecule has 1 fully saturated rings. The van der Waals surface area contributed by atoms with Gasteiger partial charge in [-0.05, 0) is 31.4 Å². The van der Waals surface area contributed by atoms with Crippen molar-refractivity contribution in [1.29, 1.82) is 0 Å². The molecule has 1 atom stereocenters. The van der Waals surface area contributed by atoms with Gasteiger partial charge in [0.1, 0.15) is 0 Å². The van der Waals surface area contributed by atoms with E-state index >= 15 is 0 Å². The van der Waals surface area contributed by atoms with Crippen LogP contribution in [0.4, 0.5) is 0 Å². The number of halogens is 1. The lowest BCUT2D eigenvalue weighted by Crippen LogP contribution is -2.40. The third kappa shape index (κ3) is 3.48. The van der Waals surface area contributed by atoms with Gasteiger partial charge in [0.2, 0.25) is 5.91 Å². The van der Waals surface area contributed by atoms with Crippen LogP contribution in [-0.2, 0) is 4.79 Å². The Morgan fingerprint density at radius 3 is 2.65 bits per heavy atom. The Bertz CT molecular complexity index is 512. The number of carbonyl (C=O) groups is 2. The summed E-state index contributed by atoms with van der Waals surface area (Å²) in [6.07, 6.45) is 2.98. The Hall–Kier alpha value is -1.61. The highest BCUT2D eigenvalue weighted by molar-refractivity contribution is 6.29. The van der Waals surface area contributed by atoms with Gasteiger partial charge in [-0.1, -0.05) is 42.8 Å². The zero-order chi connectivity index (χ0) is 14.5. The van der Waals surface area contributed by atoms with Crippen LogP contribution in [0.5, 0.6) is 0 Å². The van der Waals surface area contributed by atoms with Crippen molar-refractivity contribution in [2.75, 3.05) is 6.54 Å². The number of allylic oxidation sites excluding steroid dienone is 1. The standard InChI is InChI=1S/C16H18ClNO2/c1-12(17)11-14-9-5-6-10-18(16(14)20)15(19)13-7-3-2-4-8-13/h2-4,7-8,14H,1,5-6,9-11H2/t14-/m0/s1. The Labute approximate surface area is 124 Å². The van der Waals surface area contributed by atoms with Gasteiger partial charge < -0.3 is 0 Å². The number of amides is 2. The van der Waals surface area contributed by atoms with Gasteiger partial charge in [-0.25, -0.2) is 0 Å². The lowest BCUT2D eigenvalue weighted by molar-refractivity contribution is -0.132. The summed E-state index contributed by atoms with van der Waals surface area (Å²) < 4.78 is 0. The van der Waals surface area contributed by atoms with Crippen LogP contribution in [0.1, 0.15) is 36.0 Å². The van der Waals surface area contributed by atoms with E-state index in [2.05, 4.69) is 6.58 Å². The monoisotopic (exact) mass is 291 g/mol. The molecular formula is C16H18ClNO2. The van der Waals surface area contributed by atoms with E-state index in [-0.39, 0.29) is 17.7 Å². The van der Waals surface area contributed by atoms with Gasteiger partial charge in [0.25, 0.3) is 5.91 Å². The highest BCUT2D eigenvalue weighted by Gasteiger charge is 2.31. The molecule has 0 bridgehead atoms. The number of hydrogen-bond acceptors (Lipinski definition) is 2. The number of benzene rings is 1. The lowest BCUT2D eigenvalue weighted by Gasteiger charge is -2.22. The van der Waals surface area contributed by atoms with Gasteiger partial charge in [-0.15, -0.1) is 0 Å². The highest BCUT2D eigenvalue weighted by atomic mass is 35.5. The summed E-state index contributed by atoms with van der Waals surface area (Å²) in [7, 11) is 0. The Kier molecular flexibility index (Phi) is 4.96. The molecule has 0 aromatic heterocycles. The van der Waals surface area contributed by atoms with E-state index < -0.39 is 0 Å². The van der Waals surface area contributed by atoms with Crippen LogP contribution in [0.2, 0.25) is 0 Å². The maximum atomic E-state index is 12.5. The van der Waals surface area contributed by atoms with Crippen molar-refractivity contribution in [3.63, 3.8) is 0 Å². The lowest BCUT2D eigenvalue weighted by atomic mass is 9.98. The first-order valence-electron chi connectivity index (χ1n) is 6.83. The molecule has 0 radical (unpaired) electrons. The quantitative estimate of drug-likeness (QED) is 0.798. The Morgan fingerprint density at radius 1 is 1.30 bits per heavy atom. The molecule has 2 amide bonds. The third-order valence-electron chi connectivity index (χ3n) is 3.53. The SMILES string of the molecule is C=C(Cl)C[C@@H]1CCCCN(C(=O)c2ccccc2)C1=O. The van der Waals surface area contributed by atoms with Crippen molar-refractivity contribution in [2.24, 2.45) is 5.92 Å². The van der Waals surface area contributed by atoms with E-state index in [0.717, 1.165) is 19.3 Å². The molecule has 0 spiro atoms. The highest BCUT2D eigenvalue weighted by Crippen LogP contribution is 2.25. The van der Waals surface area contributed by atoms with Gasteiger partial charge in [0.15, 0.2) is 0 Å². The minimum absolute atomic E-state index is 0.127. The second-order valence-corrected chi connectivity index (χ2v) is 5.61. The van der Waals surface area contributed by atoms with Gasteiger partial charge in [-0.3, -0.25) is 14.5 Å². The maximum Gasteiger partial charge on any atom is 0.260 e. The summed E-state index contributed by atoms with van der Waals surface area (Å²) in [6, 6.07) is 8.91. The molecule has 1 aliphatic rings. The predicted octanol–water partition coefficient (Wildman–Crippen LogP) is 3.60. The minimum atomic E-state index is -0.227. The fraction of sp³-hybridized carbons (Fsp3) is 0.375. The van der Waals surface area contributed by atoms with Crippen molar-refractivity contribution in [2.45, 2.75) is 25.7 Å². The van der Waals surface area contributed by atoms with Crippen LogP contribution >= 0.6 is 11.6 Å². The molecule has 0 aliphatic carbocycles. The second-order valence-electron chi connectivity index (χ2n) is 5.08. The fourth-order valence-corrected chi connectivity index (χ4v) is 2.70. The van der Waals surface area contributed by atoms with E-state index in [1.807, 2.05) is 6.07 Å². The van der Waals surface area contributed by atoms with Crippen molar-refractivity contribution >= 4 is 23.4 Å². The first-order chi connectivity index (χ1) is 9.59. The van der Waals surface area contributed by atoms with Gasteiger partial charge >= 0.3 is 0 Å². The van der Waals surface area contributed by atoms with E-state index in [9.17, 15) is 9.59 Å². The number of likely N-dealkylation sites (tertiary alicyclic amines) is 1. The molecule has 1 saturated heterocycles. The third-order valence-corrected chi connectivity index (χ3v) is 3.69. The second kappa shape index (κ2) is 6.71. The van der Waals surface area contributed by atoms with Crippen LogP contribution in [0.25, 0.3) is 0 Å². The molecule has 1 aromatic carbocycles. The molecule has 1 aromatic rings. The number of imide groups is 1. The van der Waals surface area contributed by atoms with Crippen molar-refractivity contribution in [3.8, 4) is 0 Å². The molecule has 3 nitrogen and oxygen atoms in total. The van der Waals surface area contributed by atoms with Crippen LogP contribution in [0.3, 0.4) is 0 Å². The normalized spacial score (nSPS) is 19.6. The first-order valence-corrected chi connectivity index (χ1v) is 7.21. The Balaban J connectivity index is 2.19. The topological polar surface area (TPSA) is 37.4 Å². The number of carbonyl (C=O) groups excluding carboxylic acids is 2. The van der Waals surface area contributed by atoms with E-state index in [1.54, 1.807) is 24.3 Å². The van der Waals surface area contributed by atoms with Gasteiger partial charge in [0.05, 0.1) is 0 Å².